The SMILES string of the molecule is CCc1cnc(CNC(=O)NC2(c3nccs3)CCCC2)s1. The van der Waals surface area contributed by atoms with Gasteiger partial charge in [-0.15, -0.1) is 22.7 Å². The van der Waals surface area contributed by atoms with E-state index in [1.54, 1.807) is 22.7 Å². The van der Waals surface area contributed by atoms with Crippen molar-refractivity contribution in [2.24, 2.45) is 0 Å². The van der Waals surface area contributed by atoms with E-state index in [1.165, 1.54) is 4.88 Å². The van der Waals surface area contributed by atoms with E-state index in [1.807, 2.05) is 17.8 Å². The Morgan fingerprint density at radius 2 is 2.18 bits per heavy atom. The van der Waals surface area contributed by atoms with Crippen LogP contribution in [0.4, 0.5) is 4.79 Å². The minimum atomic E-state index is -0.282. The molecule has 5 nitrogen and oxygen atoms in total. The number of aromatic nitrogens is 2. The van der Waals surface area contributed by atoms with Crippen molar-refractivity contribution in [2.45, 2.75) is 51.1 Å². The summed E-state index contributed by atoms with van der Waals surface area (Å²) in [7, 11) is 0. The second kappa shape index (κ2) is 6.75. The number of rotatable bonds is 5. The zero-order valence-corrected chi connectivity index (χ0v) is 14.2. The number of urea groups is 1. The summed E-state index contributed by atoms with van der Waals surface area (Å²) in [4.78, 5) is 22.3. The van der Waals surface area contributed by atoms with Crippen molar-refractivity contribution in [3.63, 3.8) is 0 Å². The molecule has 2 aromatic heterocycles. The maximum absolute atomic E-state index is 12.3. The summed E-state index contributed by atoms with van der Waals surface area (Å²) in [5.41, 5.74) is -0.282. The van der Waals surface area contributed by atoms with Crippen LogP contribution in [0.25, 0.3) is 0 Å². The van der Waals surface area contributed by atoms with E-state index in [9.17, 15) is 4.79 Å². The molecule has 22 heavy (non-hydrogen) atoms. The second-order valence-corrected chi connectivity index (χ2v) is 7.60. The molecule has 2 aromatic rings. The first-order chi connectivity index (χ1) is 10.7. The van der Waals surface area contributed by atoms with Crippen molar-refractivity contribution >= 4 is 28.7 Å². The minimum absolute atomic E-state index is 0.134. The fraction of sp³-hybridized carbons (Fsp3) is 0.533. The normalized spacial score (nSPS) is 16.6. The van der Waals surface area contributed by atoms with Crippen LogP contribution in [0.1, 0.15) is 47.5 Å². The maximum Gasteiger partial charge on any atom is 0.315 e. The van der Waals surface area contributed by atoms with E-state index in [4.69, 9.17) is 0 Å². The molecule has 3 rings (SSSR count). The zero-order chi connectivity index (χ0) is 15.4. The van der Waals surface area contributed by atoms with Gasteiger partial charge in [0.2, 0.25) is 0 Å². The summed E-state index contributed by atoms with van der Waals surface area (Å²) < 4.78 is 0. The summed E-state index contributed by atoms with van der Waals surface area (Å²) in [5.74, 6) is 0. The van der Waals surface area contributed by atoms with Crippen LogP contribution in [0.3, 0.4) is 0 Å². The number of carbonyl (C=O) groups is 1. The number of thiazole rings is 2. The fourth-order valence-electron chi connectivity index (χ4n) is 2.84. The molecule has 0 aliphatic heterocycles. The van der Waals surface area contributed by atoms with E-state index in [0.29, 0.717) is 6.54 Å². The molecule has 2 heterocycles. The van der Waals surface area contributed by atoms with E-state index in [0.717, 1.165) is 42.1 Å². The molecule has 0 saturated heterocycles. The van der Waals surface area contributed by atoms with Gasteiger partial charge in [-0.05, 0) is 19.3 Å². The standard InChI is InChI=1S/C15H20N4OS2/c1-2-11-9-17-12(22-11)10-18-14(20)19-15(5-3-4-6-15)13-16-7-8-21-13/h7-9H,2-6,10H2,1H3,(H2,18,19,20). The average Bonchev–Trinajstić information content (AvgIpc) is 3.26. The van der Waals surface area contributed by atoms with Crippen molar-refractivity contribution in [2.75, 3.05) is 0 Å². The largest absolute Gasteiger partial charge is 0.332 e. The smallest absolute Gasteiger partial charge is 0.315 e. The van der Waals surface area contributed by atoms with Crippen molar-refractivity contribution in [3.8, 4) is 0 Å². The maximum atomic E-state index is 12.3. The van der Waals surface area contributed by atoms with Crippen LogP contribution in [0.15, 0.2) is 17.8 Å². The van der Waals surface area contributed by atoms with Crippen LogP contribution in [-0.2, 0) is 18.5 Å². The molecule has 2 N–H and O–H groups in total. The number of hydrogen-bond acceptors (Lipinski definition) is 5. The number of nitrogens with one attached hydrogen (secondary N) is 2. The number of nitrogens with zero attached hydrogens (tertiary/aromatic N) is 2. The molecule has 1 aliphatic carbocycles. The number of amides is 2. The highest BCUT2D eigenvalue weighted by Gasteiger charge is 2.39. The molecule has 0 bridgehead atoms. The first kappa shape index (κ1) is 15.4. The highest BCUT2D eigenvalue weighted by molar-refractivity contribution is 7.11. The highest BCUT2D eigenvalue weighted by atomic mass is 32.1. The third-order valence-corrected chi connectivity index (χ3v) is 6.12. The van der Waals surface area contributed by atoms with Crippen molar-refractivity contribution in [1.29, 1.82) is 0 Å². The third kappa shape index (κ3) is 3.30. The van der Waals surface area contributed by atoms with Crippen LogP contribution < -0.4 is 10.6 Å². The van der Waals surface area contributed by atoms with Gasteiger partial charge in [0.05, 0.1) is 12.1 Å². The van der Waals surface area contributed by atoms with Crippen molar-refractivity contribution in [1.82, 2.24) is 20.6 Å². The lowest BCUT2D eigenvalue weighted by Crippen LogP contribution is -2.48. The van der Waals surface area contributed by atoms with Crippen LogP contribution in [0.2, 0.25) is 0 Å². The van der Waals surface area contributed by atoms with Crippen LogP contribution >= 0.6 is 22.7 Å². The van der Waals surface area contributed by atoms with Gasteiger partial charge in [-0.3, -0.25) is 0 Å². The van der Waals surface area contributed by atoms with Gasteiger partial charge >= 0.3 is 6.03 Å². The Hall–Kier alpha value is -1.47. The third-order valence-electron chi connectivity index (χ3n) is 4.00. The number of carbonyl (C=O) groups excluding carboxylic acids is 1. The lowest BCUT2D eigenvalue weighted by atomic mass is 9.99. The quantitative estimate of drug-likeness (QED) is 0.879. The first-order valence-corrected chi connectivity index (χ1v) is 9.31. The molecule has 0 unspecified atom stereocenters. The van der Waals surface area contributed by atoms with Gasteiger partial charge in [0.15, 0.2) is 0 Å². The Kier molecular flexibility index (Phi) is 4.73. The van der Waals surface area contributed by atoms with Crippen LogP contribution in [-0.4, -0.2) is 16.0 Å². The lowest BCUT2D eigenvalue weighted by Gasteiger charge is -2.28. The van der Waals surface area contributed by atoms with Crippen molar-refractivity contribution in [3.05, 3.63) is 32.7 Å². The predicted octanol–water partition coefficient (Wildman–Crippen LogP) is 3.43. The second-order valence-electron chi connectivity index (χ2n) is 5.51. The van der Waals surface area contributed by atoms with E-state index < -0.39 is 0 Å². The zero-order valence-electron chi connectivity index (χ0n) is 12.6. The Morgan fingerprint density at radius 3 is 2.82 bits per heavy atom. The predicted molar refractivity (Wildman–Crippen MR) is 89.1 cm³/mol. The summed E-state index contributed by atoms with van der Waals surface area (Å²) in [5, 5.41) is 10.0. The Labute approximate surface area is 138 Å². The summed E-state index contributed by atoms with van der Waals surface area (Å²) in [6, 6.07) is -0.134. The van der Waals surface area contributed by atoms with Gasteiger partial charge in [-0.25, -0.2) is 14.8 Å². The van der Waals surface area contributed by atoms with Gasteiger partial charge in [-0.1, -0.05) is 19.8 Å². The molecule has 7 heteroatoms. The fourth-order valence-corrected chi connectivity index (χ4v) is 4.50. The van der Waals surface area contributed by atoms with Gasteiger partial charge < -0.3 is 10.6 Å². The molecule has 1 fully saturated rings. The molecule has 1 saturated carbocycles. The molecule has 0 radical (unpaired) electrons. The summed E-state index contributed by atoms with van der Waals surface area (Å²) in [6.07, 6.45) is 8.86. The van der Waals surface area contributed by atoms with Crippen LogP contribution in [0.5, 0.6) is 0 Å². The Bertz CT molecular complexity index is 617. The Morgan fingerprint density at radius 1 is 1.36 bits per heavy atom. The van der Waals surface area contributed by atoms with Gasteiger partial charge in [0, 0.05) is 22.7 Å². The number of hydrogen-bond donors (Lipinski definition) is 2. The molecule has 118 valence electrons. The summed E-state index contributed by atoms with van der Waals surface area (Å²) >= 11 is 3.27. The highest BCUT2D eigenvalue weighted by Crippen LogP contribution is 2.39. The Balaban J connectivity index is 1.60. The van der Waals surface area contributed by atoms with E-state index in [2.05, 4.69) is 27.5 Å². The molecular formula is C15H20N4OS2. The number of aryl methyl sites for hydroxylation is 1. The average molecular weight is 336 g/mol. The summed E-state index contributed by atoms with van der Waals surface area (Å²) in [6.45, 7) is 2.58. The van der Waals surface area contributed by atoms with Crippen LogP contribution in [0, 0.1) is 0 Å². The van der Waals surface area contributed by atoms with Gasteiger partial charge in [-0.2, -0.15) is 0 Å². The monoisotopic (exact) mass is 336 g/mol. The van der Waals surface area contributed by atoms with Gasteiger partial charge in [0.1, 0.15) is 10.0 Å². The lowest BCUT2D eigenvalue weighted by molar-refractivity contribution is 0.224. The molecule has 1 aliphatic rings. The first-order valence-electron chi connectivity index (χ1n) is 7.61. The van der Waals surface area contributed by atoms with E-state index >= 15 is 0 Å². The topological polar surface area (TPSA) is 66.9 Å². The molecule has 0 spiro atoms. The molecule has 0 aromatic carbocycles. The molecule has 0 atom stereocenters. The molecule has 2 amide bonds. The van der Waals surface area contributed by atoms with E-state index in [-0.39, 0.29) is 11.6 Å². The van der Waals surface area contributed by atoms with Crippen molar-refractivity contribution < 1.29 is 4.79 Å². The van der Waals surface area contributed by atoms with Gasteiger partial charge in [0.25, 0.3) is 0 Å². The minimum Gasteiger partial charge on any atom is -0.332 e. The molecular weight excluding hydrogens is 316 g/mol.